The highest BCUT2D eigenvalue weighted by Gasteiger charge is 2.37. The van der Waals surface area contributed by atoms with Crippen molar-refractivity contribution in [2.45, 2.75) is 28.7 Å². The van der Waals surface area contributed by atoms with E-state index in [0.717, 1.165) is 0 Å². The van der Waals surface area contributed by atoms with Crippen LogP contribution in [0.2, 0.25) is 0 Å². The van der Waals surface area contributed by atoms with E-state index >= 15 is 0 Å². The summed E-state index contributed by atoms with van der Waals surface area (Å²) in [7, 11) is 0. The number of aldehydes is 2. The summed E-state index contributed by atoms with van der Waals surface area (Å²) in [6.45, 7) is -0.297. The fourth-order valence-corrected chi connectivity index (χ4v) is 4.72. The van der Waals surface area contributed by atoms with Gasteiger partial charge in [-0.1, -0.05) is 11.8 Å². The Morgan fingerprint density at radius 3 is 1.55 bits per heavy atom. The van der Waals surface area contributed by atoms with Gasteiger partial charge in [-0.25, -0.2) is 0 Å². The smallest absolute Gasteiger partial charge is 0.335 e. The van der Waals surface area contributed by atoms with Gasteiger partial charge < -0.3 is 4.90 Å². The third-order valence-corrected chi connectivity index (χ3v) is 6.12. The number of alkyl halides is 6. The van der Waals surface area contributed by atoms with Crippen LogP contribution in [0.4, 0.5) is 37.7 Å². The molecule has 33 heavy (non-hydrogen) atoms. The highest BCUT2D eigenvalue weighted by atomic mass is 32.2. The van der Waals surface area contributed by atoms with E-state index in [1.54, 1.807) is 29.2 Å². The topological polar surface area (TPSA) is 37.4 Å². The molecule has 170 valence electrons. The summed E-state index contributed by atoms with van der Waals surface area (Å²) in [6, 6.07) is 10.8. The van der Waals surface area contributed by atoms with Crippen molar-refractivity contribution in [2.24, 2.45) is 0 Å². The van der Waals surface area contributed by atoms with Crippen LogP contribution in [0, 0.1) is 0 Å². The quantitative estimate of drug-likeness (QED) is 0.293. The third kappa shape index (κ3) is 4.61. The summed E-state index contributed by atoms with van der Waals surface area (Å²) < 4.78 is 79.9. The number of fused-ring (bicyclic) bond motifs is 2. The number of hydrogen-bond donors (Lipinski definition) is 0. The van der Waals surface area contributed by atoms with Gasteiger partial charge in [-0.2, -0.15) is 26.3 Å². The van der Waals surface area contributed by atoms with Crippen molar-refractivity contribution in [3.8, 4) is 0 Å². The summed E-state index contributed by atoms with van der Waals surface area (Å²) in [5.74, 6) is 0. The minimum atomic E-state index is -4.96. The number of halogens is 6. The van der Waals surface area contributed by atoms with Crippen LogP contribution < -0.4 is 4.90 Å². The van der Waals surface area contributed by atoms with Crippen LogP contribution >= 0.6 is 11.8 Å². The molecule has 0 N–H and O–H groups in total. The predicted molar refractivity (Wildman–Crippen MR) is 110 cm³/mol. The van der Waals surface area contributed by atoms with E-state index in [1.165, 1.54) is 23.9 Å². The molecule has 0 fully saturated rings. The van der Waals surface area contributed by atoms with Gasteiger partial charge in [0.15, 0.2) is 0 Å². The Hall–Kier alpha value is -3.27. The lowest BCUT2D eigenvalue weighted by molar-refractivity contribution is -0.143. The molecule has 1 heterocycles. The molecule has 10 heteroatoms. The van der Waals surface area contributed by atoms with Crippen LogP contribution in [0.1, 0.15) is 37.4 Å². The van der Waals surface area contributed by atoms with Crippen molar-refractivity contribution in [2.75, 3.05) is 4.90 Å². The second kappa shape index (κ2) is 8.26. The largest absolute Gasteiger partial charge is 0.416 e. The highest BCUT2D eigenvalue weighted by Crippen LogP contribution is 2.49. The zero-order valence-corrected chi connectivity index (χ0v) is 17.3. The number of hydrogen-bond acceptors (Lipinski definition) is 4. The summed E-state index contributed by atoms with van der Waals surface area (Å²) in [4.78, 5) is 25.1. The van der Waals surface area contributed by atoms with Gasteiger partial charge in [0.25, 0.3) is 0 Å². The van der Waals surface area contributed by atoms with E-state index in [2.05, 4.69) is 0 Å². The van der Waals surface area contributed by atoms with Crippen LogP contribution in [-0.2, 0) is 18.9 Å². The molecule has 0 radical (unpaired) electrons. The lowest BCUT2D eigenvalue weighted by Crippen LogP contribution is -2.21. The molecule has 0 unspecified atom stereocenters. The van der Waals surface area contributed by atoms with E-state index in [-0.39, 0.29) is 18.2 Å². The molecular formula is C23H13F6NO2S. The number of benzene rings is 3. The average Bonchev–Trinajstić information content (AvgIpc) is 2.76. The lowest BCUT2D eigenvalue weighted by Gasteiger charge is -2.33. The number of nitrogens with zero attached hydrogens (tertiary/aromatic N) is 1. The molecule has 0 atom stereocenters. The zero-order chi connectivity index (χ0) is 24.0. The number of rotatable bonds is 4. The lowest BCUT2D eigenvalue weighted by atomic mass is 10.0. The van der Waals surface area contributed by atoms with E-state index in [1.807, 2.05) is 0 Å². The summed E-state index contributed by atoms with van der Waals surface area (Å²) >= 11 is 1.25. The van der Waals surface area contributed by atoms with Gasteiger partial charge in [-0.05, 0) is 60.2 Å². The molecule has 0 saturated carbocycles. The van der Waals surface area contributed by atoms with Crippen LogP contribution in [0.3, 0.4) is 0 Å². The van der Waals surface area contributed by atoms with E-state index in [0.29, 0.717) is 57.0 Å². The molecule has 4 rings (SSSR count). The van der Waals surface area contributed by atoms with Gasteiger partial charge >= 0.3 is 12.4 Å². The second-order valence-electron chi connectivity index (χ2n) is 7.29. The minimum Gasteiger partial charge on any atom is -0.335 e. The maximum atomic E-state index is 13.3. The fourth-order valence-electron chi connectivity index (χ4n) is 3.53. The highest BCUT2D eigenvalue weighted by molar-refractivity contribution is 7.99. The Labute approximate surface area is 188 Å². The van der Waals surface area contributed by atoms with E-state index < -0.39 is 23.5 Å². The molecule has 0 aromatic heterocycles. The second-order valence-corrected chi connectivity index (χ2v) is 8.38. The van der Waals surface area contributed by atoms with E-state index in [9.17, 15) is 35.9 Å². The maximum absolute atomic E-state index is 13.3. The molecule has 0 amide bonds. The molecule has 0 spiro atoms. The van der Waals surface area contributed by atoms with Gasteiger partial charge in [0, 0.05) is 27.5 Å². The molecule has 3 nitrogen and oxygen atoms in total. The fraction of sp³-hybridized carbons (Fsp3) is 0.130. The van der Waals surface area contributed by atoms with Crippen LogP contribution in [0.15, 0.2) is 64.4 Å². The number of anilines is 2. The van der Waals surface area contributed by atoms with Crippen molar-refractivity contribution in [1.82, 2.24) is 0 Å². The third-order valence-electron chi connectivity index (χ3n) is 5.03. The molecule has 1 aliphatic heterocycles. The van der Waals surface area contributed by atoms with Crippen molar-refractivity contribution in [3.63, 3.8) is 0 Å². The van der Waals surface area contributed by atoms with Gasteiger partial charge in [0.2, 0.25) is 0 Å². The standard InChI is InChI=1S/C23H13F6NO2S/c24-22(25,26)16-5-15(6-17(9-16)23(27,28)29)10-30-18-3-1-13(11-31)7-20(18)33-21-8-14(12-32)2-4-19(21)30/h1-9,11-12H,10H2. The SMILES string of the molecule is O=Cc1ccc2c(c1)Sc1cc(C=O)ccc1N2Cc1cc(C(F)(F)F)cc(C(F)(F)F)c1. The van der Waals surface area contributed by atoms with Crippen LogP contribution in [-0.4, -0.2) is 12.6 Å². The normalized spacial score (nSPS) is 13.3. The van der Waals surface area contributed by atoms with Crippen LogP contribution in [0.25, 0.3) is 0 Å². The molecule has 3 aromatic carbocycles. The van der Waals surface area contributed by atoms with E-state index in [4.69, 9.17) is 0 Å². The number of carbonyl (C=O) groups excluding carboxylic acids is 2. The molecule has 1 aliphatic rings. The van der Waals surface area contributed by atoms with Gasteiger partial charge in [-0.3, -0.25) is 9.59 Å². The first-order valence-corrected chi connectivity index (χ1v) is 10.2. The average molecular weight is 481 g/mol. The summed E-state index contributed by atoms with van der Waals surface area (Å²) in [5.41, 5.74) is -1.24. The Balaban J connectivity index is 1.86. The van der Waals surface area contributed by atoms with Crippen molar-refractivity contribution < 1.29 is 35.9 Å². The number of carbonyl (C=O) groups is 2. The molecule has 0 bridgehead atoms. The Morgan fingerprint density at radius 2 is 1.15 bits per heavy atom. The first kappa shape index (κ1) is 22.9. The van der Waals surface area contributed by atoms with Crippen molar-refractivity contribution in [3.05, 3.63) is 82.4 Å². The summed E-state index contributed by atoms with van der Waals surface area (Å²) in [6.07, 6.45) is -8.65. The maximum Gasteiger partial charge on any atom is 0.416 e. The van der Waals surface area contributed by atoms with Crippen LogP contribution in [0.5, 0.6) is 0 Å². The molecule has 0 aliphatic carbocycles. The Kier molecular flexibility index (Phi) is 5.73. The Bertz CT molecular complexity index is 1160. The molecule has 0 saturated heterocycles. The monoisotopic (exact) mass is 481 g/mol. The van der Waals surface area contributed by atoms with Gasteiger partial charge in [0.05, 0.1) is 22.5 Å². The Morgan fingerprint density at radius 1 is 0.697 bits per heavy atom. The van der Waals surface area contributed by atoms with Crippen molar-refractivity contribution in [1.29, 1.82) is 0 Å². The zero-order valence-electron chi connectivity index (χ0n) is 16.5. The summed E-state index contributed by atoms with van der Waals surface area (Å²) in [5, 5.41) is 0. The van der Waals surface area contributed by atoms with Gasteiger partial charge in [0.1, 0.15) is 12.6 Å². The first-order valence-electron chi connectivity index (χ1n) is 9.42. The van der Waals surface area contributed by atoms with Crippen molar-refractivity contribution >= 4 is 35.7 Å². The van der Waals surface area contributed by atoms with Gasteiger partial charge in [-0.15, -0.1) is 0 Å². The predicted octanol–water partition coefficient (Wildman–Crippen LogP) is 7.15. The first-order chi connectivity index (χ1) is 15.5. The minimum absolute atomic E-state index is 0.0875. The molecular weight excluding hydrogens is 468 g/mol. The molecule has 3 aromatic rings.